The van der Waals surface area contributed by atoms with E-state index < -0.39 is 17.0 Å². The summed E-state index contributed by atoms with van der Waals surface area (Å²) in [5.41, 5.74) is -0.633. The van der Waals surface area contributed by atoms with E-state index in [1.54, 1.807) is 0 Å². The lowest BCUT2D eigenvalue weighted by Crippen LogP contribution is -2.44. The Morgan fingerprint density at radius 1 is 1.38 bits per heavy atom. The number of rotatable bonds is 3. The second kappa shape index (κ2) is 6.40. The molecule has 1 unspecified atom stereocenters. The first-order valence-corrected chi connectivity index (χ1v) is 7.78. The number of carbonyl (C=O) groups is 1. The van der Waals surface area contributed by atoms with E-state index in [9.17, 15) is 13.6 Å². The highest BCUT2D eigenvalue weighted by molar-refractivity contribution is 9.10. The predicted octanol–water partition coefficient (Wildman–Crippen LogP) is 3.69. The predicted molar refractivity (Wildman–Crippen MR) is 82.1 cm³/mol. The molecule has 1 atom stereocenters. The van der Waals surface area contributed by atoms with E-state index in [0.717, 1.165) is 32.0 Å². The molecule has 3 nitrogen and oxygen atoms in total. The van der Waals surface area contributed by atoms with Gasteiger partial charge in [-0.1, -0.05) is 13.8 Å². The molecule has 1 aromatic rings. The fourth-order valence-electron chi connectivity index (χ4n) is 2.55. The second-order valence-corrected chi connectivity index (χ2v) is 6.82. The van der Waals surface area contributed by atoms with E-state index in [4.69, 9.17) is 0 Å². The van der Waals surface area contributed by atoms with Gasteiger partial charge in [-0.25, -0.2) is 8.78 Å². The Labute approximate surface area is 131 Å². The zero-order chi connectivity index (χ0) is 15.6. The van der Waals surface area contributed by atoms with Crippen molar-refractivity contribution in [1.82, 2.24) is 5.32 Å². The van der Waals surface area contributed by atoms with Crippen molar-refractivity contribution >= 4 is 27.5 Å². The van der Waals surface area contributed by atoms with Crippen LogP contribution in [0.2, 0.25) is 0 Å². The number of amides is 1. The summed E-state index contributed by atoms with van der Waals surface area (Å²) in [4.78, 5) is 12.5. The fourth-order valence-corrected chi connectivity index (χ4v) is 2.90. The average molecular weight is 361 g/mol. The van der Waals surface area contributed by atoms with E-state index in [1.165, 1.54) is 6.07 Å². The van der Waals surface area contributed by atoms with Crippen LogP contribution in [0.5, 0.6) is 0 Å². The normalized spacial score (nSPS) is 19.4. The zero-order valence-electron chi connectivity index (χ0n) is 12.1. The number of halogens is 3. The Hall–Kier alpha value is -1.01. The fraction of sp³-hybridized carbons (Fsp3) is 0.533. The van der Waals surface area contributed by atoms with Gasteiger partial charge < -0.3 is 10.6 Å². The van der Waals surface area contributed by atoms with Gasteiger partial charge in [0.25, 0.3) is 0 Å². The van der Waals surface area contributed by atoms with Crippen molar-refractivity contribution in [3.05, 3.63) is 28.2 Å². The van der Waals surface area contributed by atoms with E-state index in [-0.39, 0.29) is 22.0 Å². The Morgan fingerprint density at radius 2 is 2.10 bits per heavy atom. The molecule has 1 aliphatic heterocycles. The third-order valence-electron chi connectivity index (χ3n) is 4.16. The van der Waals surface area contributed by atoms with Gasteiger partial charge in [0.05, 0.1) is 10.2 Å². The lowest BCUT2D eigenvalue weighted by molar-refractivity contribution is -0.127. The second-order valence-electron chi connectivity index (χ2n) is 5.97. The quantitative estimate of drug-likeness (QED) is 0.807. The first-order valence-electron chi connectivity index (χ1n) is 6.99. The topological polar surface area (TPSA) is 41.1 Å². The molecule has 1 aliphatic rings. The Morgan fingerprint density at radius 3 is 2.71 bits per heavy atom. The van der Waals surface area contributed by atoms with Crippen LogP contribution in [0.3, 0.4) is 0 Å². The van der Waals surface area contributed by atoms with Crippen LogP contribution in [0.25, 0.3) is 0 Å². The third-order valence-corrected chi connectivity index (χ3v) is 4.77. The summed E-state index contributed by atoms with van der Waals surface area (Å²) in [6.07, 6.45) is 1.99. The molecule has 2 N–H and O–H groups in total. The van der Waals surface area contributed by atoms with E-state index >= 15 is 0 Å². The van der Waals surface area contributed by atoms with Crippen LogP contribution in [0.15, 0.2) is 16.6 Å². The summed E-state index contributed by atoms with van der Waals surface area (Å²) in [5, 5.41) is 5.85. The average Bonchev–Trinajstić information content (AvgIpc) is 2.45. The highest BCUT2D eigenvalue weighted by Crippen LogP contribution is 2.34. The summed E-state index contributed by atoms with van der Waals surface area (Å²) in [6, 6.07) is 2.01. The van der Waals surface area contributed by atoms with Crippen molar-refractivity contribution in [2.75, 3.05) is 18.4 Å². The highest BCUT2D eigenvalue weighted by Gasteiger charge is 2.37. The van der Waals surface area contributed by atoms with Crippen LogP contribution in [-0.2, 0) is 4.79 Å². The number of carbonyl (C=O) groups excluding carboxylic acids is 1. The summed E-state index contributed by atoms with van der Waals surface area (Å²) < 4.78 is 27.1. The number of hydrogen-bond donors (Lipinski definition) is 2. The Kier molecular flexibility index (Phi) is 4.99. The maximum absolute atomic E-state index is 13.7. The van der Waals surface area contributed by atoms with Gasteiger partial charge in [-0.3, -0.25) is 4.79 Å². The van der Waals surface area contributed by atoms with Crippen molar-refractivity contribution in [2.45, 2.75) is 26.7 Å². The molecule has 1 heterocycles. The van der Waals surface area contributed by atoms with E-state index in [2.05, 4.69) is 26.6 Å². The minimum absolute atomic E-state index is 0.00915. The SMILES string of the molecule is CC(C)(C(=O)Nc1cc(Br)c(F)cc1F)C1CCCNC1. The van der Waals surface area contributed by atoms with Gasteiger partial charge in [0.2, 0.25) is 5.91 Å². The highest BCUT2D eigenvalue weighted by atomic mass is 79.9. The molecule has 0 spiro atoms. The molecule has 0 aliphatic carbocycles. The van der Waals surface area contributed by atoms with Crippen molar-refractivity contribution in [1.29, 1.82) is 0 Å². The summed E-state index contributed by atoms with van der Waals surface area (Å²) >= 11 is 2.99. The van der Waals surface area contributed by atoms with Crippen LogP contribution >= 0.6 is 15.9 Å². The molecule has 1 aromatic carbocycles. The van der Waals surface area contributed by atoms with Crippen LogP contribution in [-0.4, -0.2) is 19.0 Å². The van der Waals surface area contributed by atoms with Gasteiger partial charge in [0, 0.05) is 11.5 Å². The van der Waals surface area contributed by atoms with Crippen molar-refractivity contribution in [3.8, 4) is 0 Å². The largest absolute Gasteiger partial charge is 0.323 e. The van der Waals surface area contributed by atoms with Gasteiger partial charge in [-0.05, 0) is 53.8 Å². The van der Waals surface area contributed by atoms with E-state index in [1.807, 2.05) is 13.8 Å². The van der Waals surface area contributed by atoms with Crippen LogP contribution in [0.1, 0.15) is 26.7 Å². The van der Waals surface area contributed by atoms with Crippen LogP contribution in [0.4, 0.5) is 14.5 Å². The molecule has 0 radical (unpaired) electrons. The molecular formula is C15H19BrF2N2O. The van der Waals surface area contributed by atoms with Crippen LogP contribution < -0.4 is 10.6 Å². The first kappa shape index (κ1) is 16.4. The smallest absolute Gasteiger partial charge is 0.230 e. The van der Waals surface area contributed by atoms with Crippen molar-refractivity contribution < 1.29 is 13.6 Å². The minimum atomic E-state index is -0.776. The number of hydrogen-bond acceptors (Lipinski definition) is 2. The van der Waals surface area contributed by atoms with E-state index in [0.29, 0.717) is 0 Å². The standard InChI is InChI=1S/C15H19BrF2N2O/c1-15(2,9-4-3-5-19-8-9)14(21)20-13-6-10(16)11(17)7-12(13)18/h6-7,9,19H,3-5,8H2,1-2H3,(H,20,21). The zero-order valence-corrected chi connectivity index (χ0v) is 13.7. The number of anilines is 1. The van der Waals surface area contributed by atoms with Crippen LogP contribution in [0, 0.1) is 23.0 Å². The summed E-state index contributed by atoms with van der Waals surface area (Å²) in [6.45, 7) is 5.46. The number of piperidine rings is 1. The lowest BCUT2D eigenvalue weighted by Gasteiger charge is -2.36. The lowest BCUT2D eigenvalue weighted by atomic mass is 9.74. The van der Waals surface area contributed by atoms with Gasteiger partial charge in [0.15, 0.2) is 0 Å². The molecule has 21 heavy (non-hydrogen) atoms. The molecule has 0 aromatic heterocycles. The van der Waals surface area contributed by atoms with Crippen molar-refractivity contribution in [3.63, 3.8) is 0 Å². The summed E-state index contributed by atoms with van der Waals surface area (Å²) in [5.74, 6) is -1.53. The molecular weight excluding hydrogens is 342 g/mol. The third kappa shape index (κ3) is 3.61. The molecule has 1 fully saturated rings. The molecule has 6 heteroatoms. The Balaban J connectivity index is 2.15. The minimum Gasteiger partial charge on any atom is -0.323 e. The molecule has 116 valence electrons. The first-order chi connectivity index (χ1) is 9.82. The van der Waals surface area contributed by atoms with Gasteiger partial charge in [-0.2, -0.15) is 0 Å². The maximum atomic E-state index is 13.7. The number of nitrogens with one attached hydrogen (secondary N) is 2. The summed E-state index contributed by atoms with van der Waals surface area (Å²) in [7, 11) is 0. The Bertz CT molecular complexity index is 543. The number of benzene rings is 1. The monoisotopic (exact) mass is 360 g/mol. The molecule has 0 bridgehead atoms. The van der Waals surface area contributed by atoms with Crippen molar-refractivity contribution in [2.24, 2.45) is 11.3 Å². The maximum Gasteiger partial charge on any atom is 0.230 e. The molecule has 1 saturated heterocycles. The van der Waals surface area contributed by atoms with Gasteiger partial charge in [0.1, 0.15) is 11.6 Å². The van der Waals surface area contributed by atoms with Gasteiger partial charge in [-0.15, -0.1) is 0 Å². The molecule has 2 rings (SSSR count). The molecule has 0 saturated carbocycles. The molecule has 1 amide bonds. The van der Waals surface area contributed by atoms with Gasteiger partial charge >= 0.3 is 0 Å².